The summed E-state index contributed by atoms with van der Waals surface area (Å²) in [6.07, 6.45) is 2.99. The Balaban J connectivity index is 0.00000300. The molecule has 0 radical (unpaired) electrons. The molecule has 7 nitrogen and oxygen atoms in total. The van der Waals surface area contributed by atoms with Crippen molar-refractivity contribution in [3.05, 3.63) is 60.0 Å². The zero-order chi connectivity index (χ0) is 19.8. The van der Waals surface area contributed by atoms with Crippen LogP contribution < -0.4 is 15.4 Å². The largest absolute Gasteiger partial charge is 0.493 e. The second-order valence-electron chi connectivity index (χ2n) is 6.96. The van der Waals surface area contributed by atoms with Gasteiger partial charge in [-0.2, -0.15) is 0 Å². The number of nitrogens with zero attached hydrogens (tertiary/aromatic N) is 4. The Hall–Kier alpha value is -2.36. The number of ether oxygens (including phenoxy) is 1. The van der Waals surface area contributed by atoms with Crippen LogP contribution in [0.5, 0.6) is 5.75 Å². The first-order valence-corrected chi connectivity index (χ1v) is 9.61. The van der Waals surface area contributed by atoms with Gasteiger partial charge in [0.25, 0.3) is 0 Å². The fraction of sp³-hybridized carbons (Fsp3) is 0.381. The lowest BCUT2D eigenvalue weighted by molar-refractivity contribution is 0.286. The number of aromatic nitrogens is 3. The molecule has 0 bridgehead atoms. The summed E-state index contributed by atoms with van der Waals surface area (Å²) in [5.74, 6) is 3.07. The molecular formula is C21H29IN6O. The van der Waals surface area contributed by atoms with E-state index in [0.29, 0.717) is 25.0 Å². The minimum Gasteiger partial charge on any atom is -0.493 e. The van der Waals surface area contributed by atoms with Crippen LogP contribution in [-0.4, -0.2) is 34.2 Å². The Kier molecular flexibility index (Phi) is 9.17. The number of rotatable bonds is 8. The van der Waals surface area contributed by atoms with Crippen LogP contribution in [-0.2, 0) is 13.1 Å². The number of aliphatic imine (C=N–C) groups is 1. The molecule has 0 saturated heterocycles. The molecule has 29 heavy (non-hydrogen) atoms. The maximum atomic E-state index is 5.96. The SMILES string of the molecule is CN=C(NCc1ccccc1OCCC(C)C)NCc1nnc2ccccn12.I. The molecule has 0 aliphatic rings. The van der Waals surface area contributed by atoms with E-state index in [1.807, 2.05) is 47.0 Å². The van der Waals surface area contributed by atoms with Crippen LogP contribution in [0.3, 0.4) is 0 Å². The first-order chi connectivity index (χ1) is 13.7. The molecule has 3 rings (SSSR count). The molecule has 0 amide bonds. The molecule has 1 aromatic carbocycles. The predicted octanol–water partition coefficient (Wildman–Crippen LogP) is 3.64. The highest BCUT2D eigenvalue weighted by Crippen LogP contribution is 2.18. The molecule has 0 aliphatic carbocycles. The lowest BCUT2D eigenvalue weighted by atomic mass is 10.1. The zero-order valence-corrected chi connectivity index (χ0v) is 19.5. The second-order valence-corrected chi connectivity index (χ2v) is 6.96. The van der Waals surface area contributed by atoms with Gasteiger partial charge in [-0.3, -0.25) is 9.39 Å². The van der Waals surface area contributed by atoms with E-state index in [1.165, 1.54) is 0 Å². The summed E-state index contributed by atoms with van der Waals surface area (Å²) in [4.78, 5) is 4.29. The van der Waals surface area contributed by atoms with Gasteiger partial charge >= 0.3 is 0 Å². The van der Waals surface area contributed by atoms with E-state index in [0.717, 1.165) is 35.8 Å². The van der Waals surface area contributed by atoms with Gasteiger partial charge in [-0.25, -0.2) is 0 Å². The molecule has 2 heterocycles. The van der Waals surface area contributed by atoms with Gasteiger partial charge in [0.05, 0.1) is 13.2 Å². The molecule has 8 heteroatoms. The van der Waals surface area contributed by atoms with Crippen LogP contribution in [0.25, 0.3) is 5.65 Å². The van der Waals surface area contributed by atoms with E-state index in [9.17, 15) is 0 Å². The lowest BCUT2D eigenvalue weighted by Gasteiger charge is -2.15. The van der Waals surface area contributed by atoms with Crippen LogP contribution in [0.1, 0.15) is 31.7 Å². The zero-order valence-electron chi connectivity index (χ0n) is 17.1. The Morgan fingerprint density at radius 2 is 1.83 bits per heavy atom. The Labute approximate surface area is 189 Å². The van der Waals surface area contributed by atoms with Crippen molar-refractivity contribution in [2.75, 3.05) is 13.7 Å². The molecular weight excluding hydrogens is 479 g/mol. The number of benzene rings is 1. The Morgan fingerprint density at radius 3 is 2.62 bits per heavy atom. The maximum Gasteiger partial charge on any atom is 0.191 e. The maximum absolute atomic E-state index is 5.96. The van der Waals surface area contributed by atoms with Crippen LogP contribution in [0.2, 0.25) is 0 Å². The number of hydrogen-bond acceptors (Lipinski definition) is 4. The number of guanidine groups is 1. The van der Waals surface area contributed by atoms with Crippen LogP contribution >= 0.6 is 24.0 Å². The van der Waals surface area contributed by atoms with Crippen molar-refractivity contribution >= 4 is 35.6 Å². The minimum atomic E-state index is 0. The first-order valence-electron chi connectivity index (χ1n) is 9.61. The lowest BCUT2D eigenvalue weighted by Crippen LogP contribution is -2.36. The summed E-state index contributed by atoms with van der Waals surface area (Å²) in [5, 5.41) is 15.0. The molecule has 156 valence electrons. The van der Waals surface area contributed by atoms with E-state index in [2.05, 4.69) is 45.7 Å². The van der Waals surface area contributed by atoms with E-state index in [-0.39, 0.29) is 24.0 Å². The van der Waals surface area contributed by atoms with Crippen LogP contribution in [0.4, 0.5) is 0 Å². The molecule has 2 aromatic heterocycles. The number of para-hydroxylation sites is 1. The highest BCUT2D eigenvalue weighted by atomic mass is 127. The topological polar surface area (TPSA) is 75.8 Å². The minimum absolute atomic E-state index is 0. The van der Waals surface area contributed by atoms with E-state index < -0.39 is 0 Å². The molecule has 2 N–H and O–H groups in total. The predicted molar refractivity (Wildman–Crippen MR) is 127 cm³/mol. The molecule has 0 aliphatic heterocycles. The smallest absolute Gasteiger partial charge is 0.191 e. The fourth-order valence-corrected chi connectivity index (χ4v) is 2.77. The third-order valence-electron chi connectivity index (χ3n) is 4.39. The van der Waals surface area contributed by atoms with E-state index in [4.69, 9.17) is 4.74 Å². The highest BCUT2D eigenvalue weighted by molar-refractivity contribution is 14.0. The number of pyridine rings is 1. The Bertz CT molecular complexity index is 924. The average Bonchev–Trinajstić information content (AvgIpc) is 3.12. The summed E-state index contributed by atoms with van der Waals surface area (Å²) >= 11 is 0. The van der Waals surface area contributed by atoms with Gasteiger partial charge in [0.1, 0.15) is 5.75 Å². The van der Waals surface area contributed by atoms with E-state index >= 15 is 0 Å². The van der Waals surface area contributed by atoms with Crippen LogP contribution in [0.15, 0.2) is 53.7 Å². The van der Waals surface area contributed by atoms with Gasteiger partial charge in [0, 0.05) is 25.4 Å². The van der Waals surface area contributed by atoms with Crippen molar-refractivity contribution in [3.8, 4) is 5.75 Å². The summed E-state index contributed by atoms with van der Waals surface area (Å²) in [6.45, 7) is 6.27. The standard InChI is InChI=1S/C21H28N6O.HI/c1-16(2)11-13-28-18-9-5-4-8-17(18)14-23-21(22-3)24-15-20-26-25-19-10-6-7-12-27(19)20;/h4-10,12,16H,11,13-15H2,1-3H3,(H2,22,23,24);1H. The summed E-state index contributed by atoms with van der Waals surface area (Å²) in [6, 6.07) is 13.9. The van der Waals surface area contributed by atoms with Crippen molar-refractivity contribution in [1.82, 2.24) is 25.2 Å². The van der Waals surface area contributed by atoms with Gasteiger partial charge < -0.3 is 15.4 Å². The second kappa shape index (κ2) is 11.6. The van der Waals surface area contributed by atoms with Gasteiger partial charge in [-0.15, -0.1) is 34.2 Å². The summed E-state index contributed by atoms with van der Waals surface area (Å²) < 4.78 is 7.92. The monoisotopic (exact) mass is 508 g/mol. The van der Waals surface area contributed by atoms with Gasteiger partial charge in [0.2, 0.25) is 0 Å². The number of hydrogen-bond donors (Lipinski definition) is 2. The van der Waals surface area contributed by atoms with Gasteiger partial charge in [-0.05, 0) is 30.5 Å². The number of fused-ring (bicyclic) bond motifs is 1. The van der Waals surface area contributed by atoms with Gasteiger partial charge in [0.15, 0.2) is 17.4 Å². The molecule has 0 atom stereocenters. The molecule has 0 saturated carbocycles. The fourth-order valence-electron chi connectivity index (χ4n) is 2.77. The van der Waals surface area contributed by atoms with Crippen molar-refractivity contribution in [3.63, 3.8) is 0 Å². The highest BCUT2D eigenvalue weighted by Gasteiger charge is 2.08. The molecule has 0 fully saturated rings. The van der Waals surface area contributed by atoms with Crippen molar-refractivity contribution in [2.24, 2.45) is 10.9 Å². The van der Waals surface area contributed by atoms with Gasteiger partial charge in [-0.1, -0.05) is 38.1 Å². The van der Waals surface area contributed by atoms with Crippen molar-refractivity contribution < 1.29 is 4.74 Å². The third-order valence-corrected chi connectivity index (χ3v) is 4.39. The molecule has 3 aromatic rings. The first kappa shape index (κ1) is 22.9. The van der Waals surface area contributed by atoms with Crippen molar-refractivity contribution in [2.45, 2.75) is 33.4 Å². The molecule has 0 spiro atoms. The quantitative estimate of drug-likeness (QED) is 0.276. The summed E-state index contributed by atoms with van der Waals surface area (Å²) in [5.41, 5.74) is 1.93. The number of halogens is 1. The average molecular weight is 508 g/mol. The van der Waals surface area contributed by atoms with Crippen LogP contribution in [0, 0.1) is 5.92 Å². The van der Waals surface area contributed by atoms with Crippen molar-refractivity contribution in [1.29, 1.82) is 0 Å². The number of nitrogens with one attached hydrogen (secondary N) is 2. The normalized spacial score (nSPS) is 11.4. The summed E-state index contributed by atoms with van der Waals surface area (Å²) in [7, 11) is 1.75. The molecule has 0 unspecified atom stereocenters. The Morgan fingerprint density at radius 1 is 1.07 bits per heavy atom. The van der Waals surface area contributed by atoms with E-state index in [1.54, 1.807) is 7.05 Å². The third kappa shape index (κ3) is 6.59.